The first-order valence-electron chi connectivity index (χ1n) is 8.44. The second-order valence-corrected chi connectivity index (χ2v) is 7.28. The molecule has 2 heterocycles. The lowest BCUT2D eigenvalue weighted by Gasteiger charge is -2.36. The second kappa shape index (κ2) is 11.4. The molecular weight excluding hydrogens is 413 g/mol. The van der Waals surface area contributed by atoms with E-state index in [1.54, 1.807) is 11.3 Å². The van der Waals surface area contributed by atoms with E-state index >= 15 is 0 Å². The lowest BCUT2D eigenvalue weighted by Crippen LogP contribution is -2.45. The van der Waals surface area contributed by atoms with Gasteiger partial charge < -0.3 is 10.1 Å². The Hall–Kier alpha value is -0.400. The molecule has 26 heavy (non-hydrogen) atoms. The summed E-state index contributed by atoms with van der Waals surface area (Å²) in [6.45, 7) is 8.52. The van der Waals surface area contributed by atoms with Gasteiger partial charge in [-0.25, -0.2) is 4.98 Å². The highest BCUT2D eigenvalue weighted by atomic mass is 35.5. The maximum Gasteiger partial charge on any atom is 0.122 e. The van der Waals surface area contributed by atoms with Crippen molar-refractivity contribution in [2.45, 2.75) is 32.5 Å². The van der Waals surface area contributed by atoms with Crippen LogP contribution in [0.3, 0.4) is 0 Å². The maximum absolute atomic E-state index is 6.42. The number of nitrogens with zero attached hydrogens (tertiary/aromatic N) is 2. The van der Waals surface area contributed by atoms with E-state index in [1.807, 2.05) is 19.1 Å². The first kappa shape index (κ1) is 23.6. The molecular formula is C18H26Cl3N3OS. The van der Waals surface area contributed by atoms with Crippen molar-refractivity contribution in [1.29, 1.82) is 0 Å². The molecule has 8 heteroatoms. The van der Waals surface area contributed by atoms with E-state index in [2.05, 4.69) is 34.7 Å². The number of halogens is 3. The van der Waals surface area contributed by atoms with Crippen LogP contribution in [0.5, 0.6) is 0 Å². The zero-order valence-corrected chi connectivity index (χ0v) is 18.2. The first-order chi connectivity index (χ1) is 11.7. The highest BCUT2D eigenvalue weighted by Crippen LogP contribution is 2.30. The summed E-state index contributed by atoms with van der Waals surface area (Å²) in [6.07, 6.45) is 0.0659. The predicted octanol–water partition coefficient (Wildman–Crippen LogP) is 4.88. The summed E-state index contributed by atoms with van der Waals surface area (Å²) in [5.74, 6) is 0. The van der Waals surface area contributed by atoms with Crippen molar-refractivity contribution in [2.75, 3.05) is 26.2 Å². The van der Waals surface area contributed by atoms with Gasteiger partial charge in [-0.15, -0.1) is 36.2 Å². The van der Waals surface area contributed by atoms with E-state index in [-0.39, 0.29) is 37.0 Å². The molecule has 1 aromatic heterocycles. The number of hydrogen-bond donors (Lipinski definition) is 1. The smallest absolute Gasteiger partial charge is 0.122 e. The van der Waals surface area contributed by atoms with E-state index < -0.39 is 0 Å². The predicted molar refractivity (Wildman–Crippen MR) is 114 cm³/mol. The van der Waals surface area contributed by atoms with Crippen LogP contribution in [-0.2, 0) is 11.3 Å². The van der Waals surface area contributed by atoms with Gasteiger partial charge in [0.05, 0.1) is 5.69 Å². The molecule has 0 saturated carbocycles. The number of hydrogen-bond acceptors (Lipinski definition) is 5. The summed E-state index contributed by atoms with van der Waals surface area (Å²) in [4.78, 5) is 7.23. The molecule has 1 aromatic carbocycles. The molecule has 1 aliphatic rings. The molecule has 0 amide bonds. The molecule has 146 valence electrons. The quantitative estimate of drug-likeness (QED) is 0.697. The van der Waals surface area contributed by atoms with Gasteiger partial charge in [0.15, 0.2) is 0 Å². The highest BCUT2D eigenvalue weighted by molar-refractivity contribution is 7.09. The number of benzene rings is 1. The zero-order valence-electron chi connectivity index (χ0n) is 15.0. The molecule has 1 aliphatic heterocycles. The molecule has 4 nitrogen and oxygen atoms in total. The molecule has 0 radical (unpaired) electrons. The Morgan fingerprint density at radius 3 is 2.88 bits per heavy atom. The van der Waals surface area contributed by atoms with Crippen molar-refractivity contribution in [3.05, 3.63) is 50.9 Å². The van der Waals surface area contributed by atoms with Gasteiger partial charge >= 0.3 is 0 Å². The fourth-order valence-electron chi connectivity index (χ4n) is 3.10. The monoisotopic (exact) mass is 437 g/mol. The molecule has 0 aliphatic carbocycles. The Kier molecular flexibility index (Phi) is 10.4. The number of nitrogens with one attached hydrogen (secondary N) is 1. The van der Waals surface area contributed by atoms with Crippen LogP contribution >= 0.6 is 47.8 Å². The van der Waals surface area contributed by atoms with Crippen molar-refractivity contribution >= 4 is 47.8 Å². The average molecular weight is 439 g/mol. The van der Waals surface area contributed by atoms with Gasteiger partial charge in [-0.3, -0.25) is 4.90 Å². The summed E-state index contributed by atoms with van der Waals surface area (Å²) in [6, 6.07) is 8.40. The Balaban J connectivity index is 0.00000169. The van der Waals surface area contributed by atoms with Gasteiger partial charge in [0, 0.05) is 49.2 Å². The summed E-state index contributed by atoms with van der Waals surface area (Å²) in [5.41, 5.74) is 2.30. The molecule has 0 spiro atoms. The summed E-state index contributed by atoms with van der Waals surface area (Å²) >= 11 is 8.10. The van der Waals surface area contributed by atoms with Gasteiger partial charge in [-0.1, -0.05) is 29.8 Å². The van der Waals surface area contributed by atoms with Crippen LogP contribution in [0, 0.1) is 0 Å². The Morgan fingerprint density at radius 1 is 1.38 bits per heavy atom. The number of rotatable bonds is 6. The average Bonchev–Trinajstić information content (AvgIpc) is 3.05. The number of thiazole rings is 1. The lowest BCUT2D eigenvalue weighted by molar-refractivity contribution is 0.0758. The highest BCUT2D eigenvalue weighted by Gasteiger charge is 2.26. The third-order valence-corrected chi connectivity index (χ3v) is 5.72. The Labute approximate surface area is 177 Å². The lowest BCUT2D eigenvalue weighted by atomic mass is 10.0. The van der Waals surface area contributed by atoms with Gasteiger partial charge in [0.25, 0.3) is 0 Å². The molecule has 1 saturated heterocycles. The fraction of sp³-hybridized carbons (Fsp3) is 0.500. The third kappa shape index (κ3) is 5.80. The van der Waals surface area contributed by atoms with Crippen LogP contribution in [0.15, 0.2) is 29.6 Å². The van der Waals surface area contributed by atoms with Gasteiger partial charge in [-0.05, 0) is 25.5 Å². The minimum atomic E-state index is 0. The minimum absolute atomic E-state index is 0. The molecule has 2 atom stereocenters. The van der Waals surface area contributed by atoms with Crippen LogP contribution in [-0.4, -0.2) is 36.1 Å². The van der Waals surface area contributed by atoms with E-state index in [4.69, 9.17) is 21.3 Å². The number of aromatic nitrogens is 1. The molecule has 1 N–H and O–H groups in total. The molecule has 3 rings (SSSR count). The second-order valence-electron chi connectivity index (χ2n) is 5.99. The van der Waals surface area contributed by atoms with Crippen molar-refractivity contribution in [2.24, 2.45) is 0 Å². The van der Waals surface area contributed by atoms with Crippen molar-refractivity contribution < 1.29 is 4.74 Å². The van der Waals surface area contributed by atoms with Crippen molar-refractivity contribution in [3.63, 3.8) is 0 Å². The van der Waals surface area contributed by atoms with Crippen molar-refractivity contribution in [3.8, 4) is 0 Å². The van der Waals surface area contributed by atoms with Gasteiger partial charge in [-0.2, -0.15) is 0 Å². The van der Waals surface area contributed by atoms with E-state index in [0.717, 1.165) is 41.9 Å². The van der Waals surface area contributed by atoms with Crippen LogP contribution in [0.1, 0.15) is 42.3 Å². The summed E-state index contributed by atoms with van der Waals surface area (Å²) in [7, 11) is 0. The normalized spacial score (nSPS) is 18.7. The molecule has 0 bridgehead atoms. The largest absolute Gasteiger partial charge is 0.372 e. The van der Waals surface area contributed by atoms with Gasteiger partial charge in [0.1, 0.15) is 11.1 Å². The summed E-state index contributed by atoms with van der Waals surface area (Å²) < 4.78 is 5.64. The van der Waals surface area contributed by atoms with Crippen molar-refractivity contribution in [1.82, 2.24) is 15.2 Å². The van der Waals surface area contributed by atoms with E-state index in [0.29, 0.717) is 6.61 Å². The van der Waals surface area contributed by atoms with Crippen LogP contribution in [0.4, 0.5) is 0 Å². The molecule has 2 aromatic rings. The molecule has 2 unspecified atom stereocenters. The number of ether oxygens (including phenoxy) is 1. The van der Waals surface area contributed by atoms with E-state index in [1.165, 1.54) is 5.56 Å². The maximum atomic E-state index is 6.42. The molecule has 1 fully saturated rings. The summed E-state index contributed by atoms with van der Waals surface area (Å²) in [5, 5.41) is 7.51. The Bertz CT molecular complexity index is 671. The third-order valence-electron chi connectivity index (χ3n) is 4.32. The zero-order chi connectivity index (χ0) is 16.9. The van der Waals surface area contributed by atoms with E-state index in [9.17, 15) is 0 Å². The fourth-order valence-corrected chi connectivity index (χ4v) is 4.17. The standard InChI is InChI=1S/C18H24ClN3OS.2ClH/c1-3-23-13(2)18-21-14(12-24-18)11-22-9-8-20-10-17(22)15-6-4-5-7-16(15)19;;/h4-7,12-13,17,20H,3,8-11H2,1-2H3;2*1H. The van der Waals surface area contributed by atoms with Crippen LogP contribution < -0.4 is 5.32 Å². The Morgan fingerprint density at radius 2 is 2.15 bits per heavy atom. The minimum Gasteiger partial charge on any atom is -0.372 e. The number of piperazine rings is 1. The van der Waals surface area contributed by atoms with Gasteiger partial charge in [0.2, 0.25) is 0 Å². The van der Waals surface area contributed by atoms with Crippen LogP contribution in [0.25, 0.3) is 0 Å². The first-order valence-corrected chi connectivity index (χ1v) is 9.70. The van der Waals surface area contributed by atoms with Crippen LogP contribution in [0.2, 0.25) is 5.02 Å². The SMILES string of the molecule is CCOC(C)c1nc(CN2CCNCC2c2ccccc2Cl)cs1.Cl.Cl. The topological polar surface area (TPSA) is 37.4 Å².